The highest BCUT2D eigenvalue weighted by molar-refractivity contribution is 7.89. The van der Waals surface area contributed by atoms with Crippen molar-refractivity contribution in [2.45, 2.75) is 43.4 Å². The van der Waals surface area contributed by atoms with Gasteiger partial charge in [-0.25, -0.2) is 13.6 Å². The molecule has 21 heavy (non-hydrogen) atoms. The van der Waals surface area contributed by atoms with E-state index in [4.69, 9.17) is 5.14 Å². The van der Waals surface area contributed by atoms with Crippen molar-refractivity contribution < 1.29 is 13.2 Å². The Morgan fingerprint density at radius 1 is 1.19 bits per heavy atom. The lowest BCUT2D eigenvalue weighted by Crippen LogP contribution is -2.27. The number of nitrogens with one attached hydrogen (secondary N) is 1. The van der Waals surface area contributed by atoms with Crippen LogP contribution in [0.15, 0.2) is 29.2 Å². The molecule has 0 aliphatic heterocycles. The summed E-state index contributed by atoms with van der Waals surface area (Å²) in [6.45, 7) is 0.570. The van der Waals surface area contributed by atoms with Crippen molar-refractivity contribution in [2.75, 3.05) is 6.54 Å². The molecule has 0 saturated heterocycles. The molecule has 6 heteroatoms. The quantitative estimate of drug-likeness (QED) is 0.836. The van der Waals surface area contributed by atoms with Crippen molar-refractivity contribution in [1.29, 1.82) is 0 Å². The monoisotopic (exact) mass is 310 g/mol. The number of rotatable bonds is 6. The molecule has 116 valence electrons. The minimum Gasteiger partial charge on any atom is -0.356 e. The van der Waals surface area contributed by atoms with Gasteiger partial charge in [0.2, 0.25) is 15.9 Å². The largest absolute Gasteiger partial charge is 0.356 e. The van der Waals surface area contributed by atoms with Crippen LogP contribution in [-0.4, -0.2) is 20.9 Å². The Kier molecular flexibility index (Phi) is 5.36. The highest BCUT2D eigenvalue weighted by Crippen LogP contribution is 2.27. The topological polar surface area (TPSA) is 89.3 Å². The minimum absolute atomic E-state index is 0.108. The van der Waals surface area contributed by atoms with Gasteiger partial charge in [-0.05, 0) is 42.9 Å². The SMILES string of the molecule is NS(=O)(=O)c1ccc(CCNC(=O)CC2CCCC2)cc1. The Labute approximate surface area is 126 Å². The zero-order chi connectivity index (χ0) is 15.3. The summed E-state index contributed by atoms with van der Waals surface area (Å²) in [6, 6.07) is 6.43. The van der Waals surface area contributed by atoms with Crippen molar-refractivity contribution in [3.8, 4) is 0 Å². The fourth-order valence-corrected chi connectivity index (χ4v) is 3.26. The molecule has 0 spiro atoms. The second-order valence-corrected chi connectivity index (χ2v) is 7.20. The predicted octanol–water partition coefficient (Wildman–Crippen LogP) is 1.57. The first-order valence-electron chi connectivity index (χ1n) is 7.33. The second kappa shape index (κ2) is 7.04. The molecule has 1 fully saturated rings. The first-order chi connectivity index (χ1) is 9.95. The third-order valence-corrected chi connectivity index (χ3v) is 4.87. The molecule has 1 aliphatic rings. The number of nitrogens with two attached hydrogens (primary N) is 1. The van der Waals surface area contributed by atoms with Gasteiger partial charge in [-0.15, -0.1) is 0 Å². The normalized spacial score (nSPS) is 16.0. The van der Waals surface area contributed by atoms with E-state index in [1.54, 1.807) is 12.1 Å². The molecule has 0 bridgehead atoms. The van der Waals surface area contributed by atoms with Gasteiger partial charge in [-0.3, -0.25) is 4.79 Å². The van der Waals surface area contributed by atoms with Gasteiger partial charge >= 0.3 is 0 Å². The molecule has 1 aromatic rings. The Balaban J connectivity index is 1.74. The maximum absolute atomic E-state index is 11.8. The highest BCUT2D eigenvalue weighted by atomic mass is 32.2. The molecule has 0 unspecified atom stereocenters. The standard InChI is InChI=1S/C15H22N2O3S/c16-21(19,20)14-7-5-12(6-8-14)9-10-17-15(18)11-13-3-1-2-4-13/h5-8,13H,1-4,9-11H2,(H,17,18)(H2,16,19,20). The number of primary sulfonamides is 1. The van der Waals surface area contributed by atoms with E-state index in [1.807, 2.05) is 0 Å². The van der Waals surface area contributed by atoms with E-state index in [2.05, 4.69) is 5.32 Å². The Bertz CT molecular complexity index is 575. The van der Waals surface area contributed by atoms with E-state index in [0.29, 0.717) is 25.3 Å². The summed E-state index contributed by atoms with van der Waals surface area (Å²) < 4.78 is 22.3. The molecule has 3 N–H and O–H groups in total. The lowest BCUT2D eigenvalue weighted by atomic mass is 10.0. The molecule has 0 radical (unpaired) electrons. The van der Waals surface area contributed by atoms with Crippen LogP contribution < -0.4 is 10.5 Å². The van der Waals surface area contributed by atoms with Crippen LogP contribution in [0, 0.1) is 5.92 Å². The molecular formula is C15H22N2O3S. The van der Waals surface area contributed by atoms with Crippen molar-refractivity contribution in [3.05, 3.63) is 29.8 Å². The van der Waals surface area contributed by atoms with Crippen LogP contribution in [0.1, 0.15) is 37.7 Å². The average Bonchev–Trinajstić information content (AvgIpc) is 2.91. The number of sulfonamides is 1. The lowest BCUT2D eigenvalue weighted by molar-refractivity contribution is -0.121. The maximum Gasteiger partial charge on any atom is 0.238 e. The Morgan fingerprint density at radius 2 is 1.81 bits per heavy atom. The van der Waals surface area contributed by atoms with Gasteiger partial charge in [0.25, 0.3) is 0 Å². The number of hydrogen-bond acceptors (Lipinski definition) is 3. The predicted molar refractivity (Wildman–Crippen MR) is 81.1 cm³/mol. The molecule has 1 saturated carbocycles. The number of carbonyl (C=O) groups excluding carboxylic acids is 1. The number of hydrogen-bond donors (Lipinski definition) is 2. The van der Waals surface area contributed by atoms with Crippen molar-refractivity contribution in [1.82, 2.24) is 5.32 Å². The molecule has 2 rings (SSSR count). The zero-order valence-electron chi connectivity index (χ0n) is 12.0. The van der Waals surface area contributed by atoms with E-state index in [9.17, 15) is 13.2 Å². The Morgan fingerprint density at radius 3 is 2.38 bits per heavy atom. The fourth-order valence-electron chi connectivity index (χ4n) is 2.74. The Hall–Kier alpha value is -1.40. The summed E-state index contributed by atoms with van der Waals surface area (Å²) >= 11 is 0. The summed E-state index contributed by atoms with van der Waals surface area (Å²) in [5, 5.41) is 7.96. The van der Waals surface area contributed by atoms with Gasteiger partial charge in [-0.1, -0.05) is 25.0 Å². The molecule has 1 amide bonds. The highest BCUT2D eigenvalue weighted by Gasteiger charge is 2.17. The van der Waals surface area contributed by atoms with Crippen molar-refractivity contribution in [2.24, 2.45) is 11.1 Å². The van der Waals surface area contributed by atoms with Crippen LogP contribution in [0.5, 0.6) is 0 Å². The lowest BCUT2D eigenvalue weighted by Gasteiger charge is -2.09. The zero-order valence-corrected chi connectivity index (χ0v) is 12.9. The van der Waals surface area contributed by atoms with E-state index >= 15 is 0 Å². The maximum atomic E-state index is 11.8. The number of amides is 1. The molecular weight excluding hydrogens is 288 g/mol. The summed E-state index contributed by atoms with van der Waals surface area (Å²) in [4.78, 5) is 11.9. The summed E-state index contributed by atoms with van der Waals surface area (Å²) in [5.74, 6) is 0.669. The van der Waals surface area contributed by atoms with Crippen LogP contribution in [0.3, 0.4) is 0 Å². The molecule has 5 nitrogen and oxygen atoms in total. The summed E-state index contributed by atoms with van der Waals surface area (Å²) in [6.07, 6.45) is 6.14. The van der Waals surface area contributed by atoms with Crippen LogP contribution in [0.2, 0.25) is 0 Å². The van der Waals surface area contributed by atoms with Gasteiger partial charge in [0.15, 0.2) is 0 Å². The third-order valence-electron chi connectivity index (χ3n) is 3.94. The van der Waals surface area contributed by atoms with E-state index in [1.165, 1.54) is 37.8 Å². The minimum atomic E-state index is -3.64. The first-order valence-corrected chi connectivity index (χ1v) is 8.88. The van der Waals surface area contributed by atoms with Gasteiger partial charge in [-0.2, -0.15) is 0 Å². The fraction of sp³-hybridized carbons (Fsp3) is 0.533. The summed E-state index contributed by atoms with van der Waals surface area (Å²) in [5.41, 5.74) is 0.976. The average molecular weight is 310 g/mol. The van der Waals surface area contributed by atoms with Gasteiger partial charge in [0, 0.05) is 13.0 Å². The van der Waals surface area contributed by atoms with Gasteiger partial charge in [0.05, 0.1) is 4.90 Å². The molecule has 0 atom stereocenters. The number of carbonyl (C=O) groups is 1. The van der Waals surface area contributed by atoms with E-state index in [0.717, 1.165) is 5.56 Å². The molecule has 1 aliphatic carbocycles. The van der Waals surface area contributed by atoms with E-state index in [-0.39, 0.29) is 10.8 Å². The van der Waals surface area contributed by atoms with Crippen molar-refractivity contribution in [3.63, 3.8) is 0 Å². The number of benzene rings is 1. The molecule has 0 heterocycles. The first kappa shape index (κ1) is 16.0. The van der Waals surface area contributed by atoms with Crippen molar-refractivity contribution >= 4 is 15.9 Å². The van der Waals surface area contributed by atoms with E-state index < -0.39 is 10.0 Å². The second-order valence-electron chi connectivity index (χ2n) is 5.64. The third kappa shape index (κ3) is 5.13. The van der Waals surface area contributed by atoms with Crippen LogP contribution in [0.4, 0.5) is 0 Å². The van der Waals surface area contributed by atoms with Gasteiger partial charge < -0.3 is 5.32 Å². The molecule has 1 aromatic carbocycles. The summed E-state index contributed by atoms with van der Waals surface area (Å²) in [7, 11) is -3.64. The smallest absolute Gasteiger partial charge is 0.238 e. The van der Waals surface area contributed by atoms with Crippen LogP contribution in [-0.2, 0) is 21.2 Å². The van der Waals surface area contributed by atoms with Crippen LogP contribution >= 0.6 is 0 Å². The van der Waals surface area contributed by atoms with Crippen LogP contribution in [0.25, 0.3) is 0 Å². The van der Waals surface area contributed by atoms with Gasteiger partial charge in [0.1, 0.15) is 0 Å². The molecule has 0 aromatic heterocycles.